The van der Waals surface area contributed by atoms with Gasteiger partial charge in [0.1, 0.15) is 6.54 Å². The molecule has 2 aromatic carbocycles. The Hall–Kier alpha value is -3.22. The molecule has 1 N–H and O–H groups in total. The molecule has 0 unspecified atom stereocenters. The zero-order valence-corrected chi connectivity index (χ0v) is 14.8. The number of carboxylic acids is 1. The predicted octanol–water partition coefficient (Wildman–Crippen LogP) is 3.62. The molecule has 0 aliphatic carbocycles. The maximum Gasteiger partial charge on any atom is 0.323 e. The van der Waals surface area contributed by atoms with Crippen LogP contribution in [-0.2, 0) is 10.2 Å². The highest BCUT2D eigenvalue weighted by atomic mass is 16.6. The van der Waals surface area contributed by atoms with Crippen LogP contribution in [0.1, 0.15) is 36.7 Å². The number of carboxylic acid groups (broad SMARTS) is 1. The van der Waals surface area contributed by atoms with Gasteiger partial charge in [-0.1, -0.05) is 45.0 Å². The van der Waals surface area contributed by atoms with Gasteiger partial charge >= 0.3 is 5.97 Å². The summed E-state index contributed by atoms with van der Waals surface area (Å²) in [6.07, 6.45) is 0. The van der Waals surface area contributed by atoms with Crippen molar-refractivity contribution in [1.29, 1.82) is 0 Å². The monoisotopic (exact) mass is 356 g/mol. The molecule has 26 heavy (non-hydrogen) atoms. The van der Waals surface area contributed by atoms with E-state index in [9.17, 15) is 19.7 Å². The molecule has 0 aliphatic rings. The first-order chi connectivity index (χ1) is 12.1. The smallest absolute Gasteiger partial charge is 0.323 e. The Morgan fingerprint density at radius 2 is 1.73 bits per heavy atom. The van der Waals surface area contributed by atoms with E-state index in [0.29, 0.717) is 11.3 Å². The van der Waals surface area contributed by atoms with E-state index in [2.05, 4.69) is 0 Å². The van der Waals surface area contributed by atoms with E-state index in [1.807, 2.05) is 20.8 Å². The SMILES string of the molecule is CC(C)(C)c1ccc(C(=O)N(CC(=O)O)c2ccccc2)cc1[N+](=O)[O-]. The lowest BCUT2D eigenvalue weighted by molar-refractivity contribution is -0.386. The number of carbonyl (C=O) groups excluding carboxylic acids is 1. The molecule has 1 amide bonds. The van der Waals surface area contributed by atoms with Crippen molar-refractivity contribution in [1.82, 2.24) is 0 Å². The zero-order valence-electron chi connectivity index (χ0n) is 14.8. The number of hydrogen-bond donors (Lipinski definition) is 1. The molecule has 0 saturated heterocycles. The Bertz CT molecular complexity index is 841. The number of amides is 1. The highest BCUT2D eigenvalue weighted by Gasteiger charge is 2.28. The average molecular weight is 356 g/mol. The van der Waals surface area contributed by atoms with E-state index < -0.39 is 28.8 Å². The maximum atomic E-state index is 12.9. The fourth-order valence-corrected chi connectivity index (χ4v) is 2.63. The van der Waals surface area contributed by atoms with Gasteiger partial charge in [0.2, 0.25) is 0 Å². The van der Waals surface area contributed by atoms with Gasteiger partial charge in [-0.25, -0.2) is 0 Å². The van der Waals surface area contributed by atoms with E-state index in [-0.39, 0.29) is 11.3 Å². The molecule has 2 rings (SSSR count). The van der Waals surface area contributed by atoms with E-state index >= 15 is 0 Å². The number of nitrogens with zero attached hydrogens (tertiary/aromatic N) is 2. The van der Waals surface area contributed by atoms with Crippen LogP contribution in [0, 0.1) is 10.1 Å². The van der Waals surface area contributed by atoms with E-state index in [1.165, 1.54) is 12.1 Å². The lowest BCUT2D eigenvalue weighted by atomic mass is 9.85. The molecule has 0 aliphatic heterocycles. The van der Waals surface area contributed by atoms with E-state index in [4.69, 9.17) is 5.11 Å². The van der Waals surface area contributed by atoms with Crippen LogP contribution in [0.25, 0.3) is 0 Å². The molecule has 7 nitrogen and oxygen atoms in total. The minimum Gasteiger partial charge on any atom is -0.480 e. The van der Waals surface area contributed by atoms with Crippen molar-refractivity contribution in [2.24, 2.45) is 0 Å². The summed E-state index contributed by atoms with van der Waals surface area (Å²) in [7, 11) is 0. The number of hydrogen-bond acceptors (Lipinski definition) is 4. The molecular weight excluding hydrogens is 336 g/mol. The van der Waals surface area contributed by atoms with Crippen molar-refractivity contribution in [3.63, 3.8) is 0 Å². The summed E-state index contributed by atoms with van der Waals surface area (Å²) in [6, 6.07) is 12.6. The fourth-order valence-electron chi connectivity index (χ4n) is 2.63. The molecule has 0 aromatic heterocycles. The minimum absolute atomic E-state index is 0.0646. The molecular formula is C19H20N2O5. The van der Waals surface area contributed by atoms with Crippen molar-refractivity contribution in [2.75, 3.05) is 11.4 Å². The second kappa shape index (κ2) is 7.35. The first-order valence-corrected chi connectivity index (χ1v) is 7.99. The largest absolute Gasteiger partial charge is 0.480 e. The zero-order chi connectivity index (χ0) is 19.5. The third-order valence-corrected chi connectivity index (χ3v) is 3.86. The quantitative estimate of drug-likeness (QED) is 0.651. The number of rotatable bonds is 5. The number of anilines is 1. The summed E-state index contributed by atoms with van der Waals surface area (Å²) >= 11 is 0. The normalized spacial score (nSPS) is 11.0. The van der Waals surface area contributed by atoms with Crippen LogP contribution in [0.4, 0.5) is 11.4 Å². The molecule has 0 fully saturated rings. The van der Waals surface area contributed by atoms with Gasteiger partial charge < -0.3 is 5.11 Å². The third-order valence-electron chi connectivity index (χ3n) is 3.86. The number of carbonyl (C=O) groups is 2. The summed E-state index contributed by atoms with van der Waals surface area (Å²) in [4.78, 5) is 36.0. The molecule has 0 spiro atoms. The average Bonchev–Trinajstić information content (AvgIpc) is 2.58. The van der Waals surface area contributed by atoms with Gasteiger partial charge in [-0.15, -0.1) is 0 Å². The Labute approximate surface area is 151 Å². The van der Waals surface area contributed by atoms with Crippen molar-refractivity contribution in [3.8, 4) is 0 Å². The van der Waals surface area contributed by atoms with Crippen molar-refractivity contribution >= 4 is 23.3 Å². The van der Waals surface area contributed by atoms with Crippen molar-refractivity contribution in [2.45, 2.75) is 26.2 Å². The Kier molecular flexibility index (Phi) is 5.40. The van der Waals surface area contributed by atoms with Crippen LogP contribution < -0.4 is 4.90 Å². The van der Waals surface area contributed by atoms with Gasteiger partial charge in [-0.05, 0) is 23.6 Å². The van der Waals surface area contributed by atoms with Crippen LogP contribution in [-0.4, -0.2) is 28.5 Å². The van der Waals surface area contributed by atoms with Crippen LogP contribution in [0.2, 0.25) is 0 Å². The summed E-state index contributed by atoms with van der Waals surface area (Å²) in [5.74, 6) is -1.79. The highest BCUT2D eigenvalue weighted by molar-refractivity contribution is 6.08. The molecule has 0 bridgehead atoms. The van der Waals surface area contributed by atoms with Crippen LogP contribution >= 0.6 is 0 Å². The fraction of sp³-hybridized carbons (Fsp3) is 0.263. The van der Waals surface area contributed by atoms with E-state index in [0.717, 1.165) is 4.90 Å². The first kappa shape index (κ1) is 19.1. The number of nitro benzene ring substituents is 1. The number of benzene rings is 2. The van der Waals surface area contributed by atoms with Crippen molar-refractivity contribution in [3.05, 3.63) is 69.8 Å². The molecule has 136 valence electrons. The predicted molar refractivity (Wildman–Crippen MR) is 97.6 cm³/mol. The second-order valence-electron chi connectivity index (χ2n) is 6.86. The van der Waals surface area contributed by atoms with Gasteiger partial charge in [0.15, 0.2) is 0 Å². The lowest BCUT2D eigenvalue weighted by Crippen LogP contribution is -2.35. The summed E-state index contributed by atoms with van der Waals surface area (Å²) in [6.45, 7) is 4.99. The highest BCUT2D eigenvalue weighted by Crippen LogP contribution is 2.32. The maximum absolute atomic E-state index is 12.9. The van der Waals surface area contributed by atoms with E-state index in [1.54, 1.807) is 36.4 Å². The molecule has 2 aromatic rings. The van der Waals surface area contributed by atoms with Gasteiger partial charge in [-0.3, -0.25) is 24.6 Å². The van der Waals surface area contributed by atoms with Crippen LogP contribution in [0.15, 0.2) is 48.5 Å². The first-order valence-electron chi connectivity index (χ1n) is 7.99. The van der Waals surface area contributed by atoms with Gasteiger partial charge in [0.25, 0.3) is 11.6 Å². The molecule has 0 heterocycles. The molecule has 0 radical (unpaired) electrons. The Balaban J connectivity index is 2.51. The number of aliphatic carboxylic acids is 1. The van der Waals surface area contributed by atoms with Gasteiger partial charge in [-0.2, -0.15) is 0 Å². The topological polar surface area (TPSA) is 101 Å². The van der Waals surface area contributed by atoms with Crippen LogP contribution in [0.3, 0.4) is 0 Å². The Morgan fingerprint density at radius 1 is 1.12 bits per heavy atom. The van der Waals surface area contributed by atoms with Crippen molar-refractivity contribution < 1.29 is 19.6 Å². The number of nitro groups is 1. The minimum atomic E-state index is -1.18. The lowest BCUT2D eigenvalue weighted by Gasteiger charge is -2.22. The summed E-state index contributed by atoms with van der Waals surface area (Å²) in [5.41, 5.74) is 0.344. The summed E-state index contributed by atoms with van der Waals surface area (Å²) in [5, 5.41) is 20.6. The molecule has 7 heteroatoms. The third kappa shape index (κ3) is 4.24. The van der Waals surface area contributed by atoms with Gasteiger partial charge in [0, 0.05) is 22.9 Å². The second-order valence-corrected chi connectivity index (χ2v) is 6.86. The number of para-hydroxylation sites is 1. The molecule has 0 atom stereocenters. The summed E-state index contributed by atoms with van der Waals surface area (Å²) < 4.78 is 0. The Morgan fingerprint density at radius 3 is 2.23 bits per heavy atom. The standard InChI is InChI=1S/C19H20N2O5/c1-19(2,3)15-10-9-13(11-16(15)21(25)26)18(24)20(12-17(22)23)14-7-5-4-6-8-14/h4-11H,12H2,1-3H3,(H,22,23). The molecule has 0 saturated carbocycles. The van der Waals surface area contributed by atoms with Crippen LogP contribution in [0.5, 0.6) is 0 Å². The van der Waals surface area contributed by atoms with Gasteiger partial charge in [0.05, 0.1) is 4.92 Å².